The van der Waals surface area contributed by atoms with Gasteiger partial charge in [0.1, 0.15) is 24.3 Å². The van der Waals surface area contributed by atoms with E-state index in [1.807, 2.05) is 25.1 Å². The highest BCUT2D eigenvalue weighted by Crippen LogP contribution is 2.25. The van der Waals surface area contributed by atoms with Crippen LogP contribution < -0.4 is 10.1 Å². The third-order valence-electron chi connectivity index (χ3n) is 4.95. The second kappa shape index (κ2) is 9.13. The van der Waals surface area contributed by atoms with Gasteiger partial charge in [-0.05, 0) is 38.0 Å². The summed E-state index contributed by atoms with van der Waals surface area (Å²) in [6, 6.07) is 9.42. The van der Waals surface area contributed by atoms with E-state index in [0.29, 0.717) is 22.9 Å². The summed E-state index contributed by atoms with van der Waals surface area (Å²) < 4.78 is 16.5. The Hall–Kier alpha value is -2.81. The minimum absolute atomic E-state index is 0.247. The molecule has 1 aliphatic heterocycles. The molecule has 0 amide bonds. The van der Waals surface area contributed by atoms with Gasteiger partial charge in [-0.15, -0.1) is 0 Å². The van der Waals surface area contributed by atoms with Crippen LogP contribution in [0.15, 0.2) is 47.2 Å². The summed E-state index contributed by atoms with van der Waals surface area (Å²) in [6.07, 6.45) is 4.34. The average molecular weight is 396 g/mol. The molecular formula is C21H24N4O4. The smallest absolute Gasteiger partial charge is 0.213 e. The molecule has 1 unspecified atom stereocenters. The number of rotatable bonds is 7. The zero-order valence-corrected chi connectivity index (χ0v) is 16.2. The Morgan fingerprint density at radius 2 is 2.07 bits per heavy atom. The summed E-state index contributed by atoms with van der Waals surface area (Å²) >= 11 is 0. The average Bonchev–Trinajstić information content (AvgIpc) is 3.14. The first kappa shape index (κ1) is 19.5. The highest BCUT2D eigenvalue weighted by atomic mass is 16.5. The number of aryl methyl sites for hydroxylation is 1. The Balaban J connectivity index is 1.38. The fourth-order valence-electron chi connectivity index (χ4n) is 3.23. The van der Waals surface area contributed by atoms with Crippen LogP contribution in [0.2, 0.25) is 0 Å². The van der Waals surface area contributed by atoms with Gasteiger partial charge in [-0.25, -0.2) is 4.98 Å². The maximum absolute atomic E-state index is 10.4. The van der Waals surface area contributed by atoms with Crippen molar-refractivity contribution in [1.82, 2.24) is 20.4 Å². The molecule has 1 atom stereocenters. The van der Waals surface area contributed by atoms with Crippen LogP contribution in [-0.4, -0.2) is 39.5 Å². The number of nitrogens with zero attached hydrogens (tertiary/aromatic N) is 3. The van der Waals surface area contributed by atoms with Gasteiger partial charge in [0.05, 0.1) is 11.3 Å². The molecule has 4 heterocycles. The molecule has 1 aliphatic rings. The SMILES string of the molecule is Cc1onc(-c2ccccn2)c1COc1ccc(C(O)NC2CCOCC2)cn1. The number of aliphatic hydroxyl groups excluding tert-OH is 1. The first-order valence-electron chi connectivity index (χ1n) is 9.68. The molecular weight excluding hydrogens is 372 g/mol. The topological polar surface area (TPSA) is 103 Å². The third kappa shape index (κ3) is 4.79. The van der Waals surface area contributed by atoms with Crippen LogP contribution in [0.25, 0.3) is 11.4 Å². The van der Waals surface area contributed by atoms with E-state index in [9.17, 15) is 5.11 Å². The zero-order valence-electron chi connectivity index (χ0n) is 16.2. The predicted octanol–water partition coefficient (Wildman–Crippen LogP) is 2.78. The number of aliphatic hydroxyl groups is 1. The third-order valence-corrected chi connectivity index (χ3v) is 4.95. The predicted molar refractivity (Wildman–Crippen MR) is 105 cm³/mol. The van der Waals surface area contributed by atoms with Crippen LogP contribution in [0.5, 0.6) is 5.88 Å². The van der Waals surface area contributed by atoms with Gasteiger partial charge in [-0.3, -0.25) is 10.3 Å². The maximum Gasteiger partial charge on any atom is 0.213 e. The van der Waals surface area contributed by atoms with Gasteiger partial charge < -0.3 is 19.1 Å². The van der Waals surface area contributed by atoms with E-state index in [-0.39, 0.29) is 12.6 Å². The van der Waals surface area contributed by atoms with Crippen molar-refractivity contribution < 1.29 is 19.1 Å². The van der Waals surface area contributed by atoms with Crippen LogP contribution in [-0.2, 0) is 11.3 Å². The summed E-state index contributed by atoms with van der Waals surface area (Å²) in [5.74, 6) is 1.14. The van der Waals surface area contributed by atoms with Crippen molar-refractivity contribution in [2.45, 2.75) is 38.6 Å². The molecule has 0 bridgehead atoms. The quantitative estimate of drug-likeness (QED) is 0.588. The number of pyridine rings is 2. The van der Waals surface area contributed by atoms with Crippen molar-refractivity contribution in [2.75, 3.05) is 13.2 Å². The second-order valence-corrected chi connectivity index (χ2v) is 6.96. The maximum atomic E-state index is 10.4. The molecule has 4 rings (SSSR count). The molecule has 0 spiro atoms. The van der Waals surface area contributed by atoms with Crippen LogP contribution in [0.3, 0.4) is 0 Å². The van der Waals surface area contributed by atoms with Gasteiger partial charge in [0.2, 0.25) is 5.88 Å². The lowest BCUT2D eigenvalue weighted by Gasteiger charge is -2.26. The van der Waals surface area contributed by atoms with E-state index in [2.05, 4.69) is 20.4 Å². The van der Waals surface area contributed by atoms with Crippen molar-refractivity contribution in [1.29, 1.82) is 0 Å². The molecule has 3 aromatic rings. The van der Waals surface area contributed by atoms with Gasteiger partial charge >= 0.3 is 0 Å². The fraction of sp³-hybridized carbons (Fsp3) is 0.381. The standard InChI is InChI=1S/C21H24N4O4/c1-14-17(20(25-29-14)18-4-2-3-9-22-18)13-28-19-6-5-15(12-23-19)21(26)24-16-7-10-27-11-8-16/h2-6,9,12,16,21,24,26H,7-8,10-11,13H2,1H3. The minimum Gasteiger partial charge on any atom is -0.473 e. The van der Waals surface area contributed by atoms with Crippen molar-refractivity contribution >= 4 is 0 Å². The Labute approximate surface area is 168 Å². The Morgan fingerprint density at radius 1 is 1.21 bits per heavy atom. The normalized spacial score (nSPS) is 15.9. The second-order valence-electron chi connectivity index (χ2n) is 6.96. The molecule has 0 radical (unpaired) electrons. The summed E-state index contributed by atoms with van der Waals surface area (Å²) in [7, 11) is 0. The molecule has 2 N–H and O–H groups in total. The monoisotopic (exact) mass is 396 g/mol. The van der Waals surface area contributed by atoms with Crippen molar-refractivity contribution in [3.8, 4) is 17.3 Å². The molecule has 8 heteroatoms. The van der Waals surface area contributed by atoms with E-state index < -0.39 is 6.23 Å². The molecule has 3 aromatic heterocycles. The summed E-state index contributed by atoms with van der Waals surface area (Å²) in [4.78, 5) is 8.63. The number of hydrogen-bond donors (Lipinski definition) is 2. The van der Waals surface area contributed by atoms with Gasteiger partial charge in [0, 0.05) is 43.3 Å². The Kier molecular flexibility index (Phi) is 6.14. The van der Waals surface area contributed by atoms with Crippen molar-refractivity contribution in [3.63, 3.8) is 0 Å². The van der Waals surface area contributed by atoms with Crippen molar-refractivity contribution in [2.24, 2.45) is 0 Å². The molecule has 1 fully saturated rings. The molecule has 152 valence electrons. The zero-order chi connectivity index (χ0) is 20.1. The highest BCUT2D eigenvalue weighted by molar-refractivity contribution is 5.58. The van der Waals surface area contributed by atoms with E-state index in [4.69, 9.17) is 14.0 Å². The van der Waals surface area contributed by atoms with E-state index in [0.717, 1.165) is 37.3 Å². The Morgan fingerprint density at radius 3 is 2.79 bits per heavy atom. The molecule has 29 heavy (non-hydrogen) atoms. The molecule has 0 saturated carbocycles. The molecule has 8 nitrogen and oxygen atoms in total. The number of aromatic nitrogens is 3. The largest absolute Gasteiger partial charge is 0.473 e. The summed E-state index contributed by atoms with van der Waals surface area (Å²) in [5.41, 5.74) is 2.92. The summed E-state index contributed by atoms with van der Waals surface area (Å²) in [6.45, 7) is 3.54. The van der Waals surface area contributed by atoms with Gasteiger partial charge in [0.25, 0.3) is 0 Å². The molecule has 1 saturated heterocycles. The van der Waals surface area contributed by atoms with Crippen LogP contribution >= 0.6 is 0 Å². The van der Waals surface area contributed by atoms with Gasteiger partial charge in [-0.2, -0.15) is 0 Å². The lowest BCUT2D eigenvalue weighted by molar-refractivity contribution is 0.0490. The Bertz CT molecular complexity index is 908. The lowest BCUT2D eigenvalue weighted by Crippen LogP contribution is -2.37. The van der Waals surface area contributed by atoms with Gasteiger partial charge in [0.15, 0.2) is 0 Å². The van der Waals surface area contributed by atoms with Crippen LogP contribution in [0, 0.1) is 6.92 Å². The minimum atomic E-state index is -0.768. The fourth-order valence-corrected chi connectivity index (χ4v) is 3.23. The lowest BCUT2D eigenvalue weighted by atomic mass is 10.1. The van der Waals surface area contributed by atoms with E-state index >= 15 is 0 Å². The highest BCUT2D eigenvalue weighted by Gasteiger charge is 2.19. The van der Waals surface area contributed by atoms with Gasteiger partial charge in [-0.1, -0.05) is 11.2 Å². The molecule has 0 aromatic carbocycles. The first-order chi connectivity index (χ1) is 14.2. The number of ether oxygens (including phenoxy) is 2. The summed E-state index contributed by atoms with van der Waals surface area (Å²) in [5, 5.41) is 17.7. The van der Waals surface area contributed by atoms with E-state index in [1.165, 1.54) is 0 Å². The number of hydrogen-bond acceptors (Lipinski definition) is 8. The van der Waals surface area contributed by atoms with Crippen LogP contribution in [0.4, 0.5) is 0 Å². The first-order valence-corrected chi connectivity index (χ1v) is 9.68. The van der Waals surface area contributed by atoms with E-state index in [1.54, 1.807) is 24.5 Å². The molecule has 0 aliphatic carbocycles. The van der Waals surface area contributed by atoms with Crippen molar-refractivity contribution in [3.05, 3.63) is 59.6 Å². The number of nitrogens with one attached hydrogen (secondary N) is 1. The van der Waals surface area contributed by atoms with Crippen LogP contribution in [0.1, 0.15) is 36.0 Å².